The van der Waals surface area contributed by atoms with Crippen LogP contribution in [0.2, 0.25) is 0 Å². The first-order chi connectivity index (χ1) is 7.69. The molecule has 0 aromatic heterocycles. The summed E-state index contributed by atoms with van der Waals surface area (Å²) >= 11 is 0. The van der Waals surface area contributed by atoms with Crippen molar-refractivity contribution >= 4 is 0 Å². The smallest absolute Gasteiger partial charge is 0.171 e. The van der Waals surface area contributed by atoms with E-state index in [-0.39, 0.29) is 18.4 Å². The lowest BCUT2D eigenvalue weighted by atomic mass is 10.1. The highest BCUT2D eigenvalue weighted by atomic mass is 16.7. The maximum absolute atomic E-state index is 5.21. The number of ether oxygens (including phenoxy) is 2. The average molecular weight is 223 g/mol. The van der Waals surface area contributed by atoms with Gasteiger partial charge in [0, 0.05) is 20.3 Å². The molecule has 1 unspecified atom stereocenters. The Kier molecular flexibility index (Phi) is 5.46. The highest BCUT2D eigenvalue weighted by molar-refractivity contribution is 5.18. The predicted molar refractivity (Wildman–Crippen MR) is 65.3 cm³/mol. The van der Waals surface area contributed by atoms with Gasteiger partial charge in [-0.05, 0) is 19.4 Å². The van der Waals surface area contributed by atoms with Gasteiger partial charge in [0.05, 0.1) is 6.04 Å². The summed E-state index contributed by atoms with van der Waals surface area (Å²) in [7, 11) is 3.30. The van der Waals surface area contributed by atoms with E-state index < -0.39 is 0 Å². The van der Waals surface area contributed by atoms with Crippen LogP contribution in [0.15, 0.2) is 30.3 Å². The quantitative estimate of drug-likeness (QED) is 0.751. The van der Waals surface area contributed by atoms with Gasteiger partial charge in [0.15, 0.2) is 6.29 Å². The summed E-state index contributed by atoms with van der Waals surface area (Å²) in [6.45, 7) is 4.19. The van der Waals surface area contributed by atoms with Crippen LogP contribution in [-0.4, -0.2) is 26.6 Å². The molecule has 1 aromatic rings. The maximum atomic E-state index is 5.21. The molecule has 0 fully saturated rings. The number of hydrogen-bond donors (Lipinski definition) is 1. The molecule has 0 aliphatic rings. The second-order valence-electron chi connectivity index (χ2n) is 3.93. The van der Waals surface area contributed by atoms with Crippen molar-refractivity contribution < 1.29 is 9.47 Å². The molecule has 16 heavy (non-hydrogen) atoms. The van der Waals surface area contributed by atoms with E-state index in [1.165, 1.54) is 5.56 Å². The molecule has 3 nitrogen and oxygen atoms in total. The molecule has 1 aromatic carbocycles. The standard InChI is InChI=1S/C13H21NO2/c1-10(12-8-6-5-7-9-12)14-11(2)13(15-3)16-4/h5-11,13-14H,1-4H3/t10-,11?/m1/s1. The summed E-state index contributed by atoms with van der Waals surface area (Å²) in [4.78, 5) is 0. The molecule has 0 aliphatic heterocycles. The molecule has 1 N–H and O–H groups in total. The maximum Gasteiger partial charge on any atom is 0.171 e. The summed E-state index contributed by atoms with van der Waals surface area (Å²) < 4.78 is 10.4. The Morgan fingerprint density at radius 3 is 2.06 bits per heavy atom. The lowest BCUT2D eigenvalue weighted by molar-refractivity contribution is -0.120. The highest BCUT2D eigenvalue weighted by Crippen LogP contribution is 2.13. The van der Waals surface area contributed by atoms with Gasteiger partial charge in [0.2, 0.25) is 0 Å². The monoisotopic (exact) mass is 223 g/mol. The number of nitrogens with one attached hydrogen (secondary N) is 1. The van der Waals surface area contributed by atoms with Crippen LogP contribution >= 0.6 is 0 Å². The van der Waals surface area contributed by atoms with Gasteiger partial charge in [-0.15, -0.1) is 0 Å². The number of hydrogen-bond acceptors (Lipinski definition) is 3. The normalized spacial score (nSPS) is 15.1. The van der Waals surface area contributed by atoms with Gasteiger partial charge in [0.25, 0.3) is 0 Å². The van der Waals surface area contributed by atoms with E-state index in [0.717, 1.165) is 0 Å². The summed E-state index contributed by atoms with van der Waals surface area (Å²) in [5.41, 5.74) is 1.26. The van der Waals surface area contributed by atoms with E-state index in [2.05, 4.69) is 31.3 Å². The molecule has 0 heterocycles. The molecular weight excluding hydrogens is 202 g/mol. The topological polar surface area (TPSA) is 30.5 Å². The zero-order valence-electron chi connectivity index (χ0n) is 10.4. The van der Waals surface area contributed by atoms with Crippen molar-refractivity contribution in [3.05, 3.63) is 35.9 Å². The minimum absolute atomic E-state index is 0.144. The van der Waals surface area contributed by atoms with Crippen LogP contribution in [0, 0.1) is 0 Å². The van der Waals surface area contributed by atoms with Gasteiger partial charge in [-0.25, -0.2) is 0 Å². The van der Waals surface area contributed by atoms with Crippen molar-refractivity contribution in [3.63, 3.8) is 0 Å². The summed E-state index contributed by atoms with van der Waals surface area (Å²) in [5.74, 6) is 0. The molecule has 0 radical (unpaired) electrons. The summed E-state index contributed by atoms with van der Waals surface area (Å²) in [5, 5.41) is 3.45. The Hall–Kier alpha value is -0.900. The molecular formula is C13H21NO2. The van der Waals surface area contributed by atoms with Gasteiger partial charge in [-0.3, -0.25) is 0 Å². The average Bonchev–Trinajstić information content (AvgIpc) is 2.31. The van der Waals surface area contributed by atoms with E-state index in [4.69, 9.17) is 9.47 Å². The molecule has 0 saturated carbocycles. The Morgan fingerprint density at radius 2 is 1.56 bits per heavy atom. The van der Waals surface area contributed by atoms with Crippen LogP contribution < -0.4 is 5.32 Å². The van der Waals surface area contributed by atoms with E-state index in [0.29, 0.717) is 0 Å². The van der Waals surface area contributed by atoms with Crippen molar-refractivity contribution in [1.29, 1.82) is 0 Å². The van der Waals surface area contributed by atoms with E-state index >= 15 is 0 Å². The lowest BCUT2D eigenvalue weighted by Crippen LogP contribution is -2.40. The van der Waals surface area contributed by atoms with Crippen molar-refractivity contribution in [2.45, 2.75) is 32.2 Å². The molecule has 0 spiro atoms. The third-order valence-corrected chi connectivity index (χ3v) is 2.69. The Morgan fingerprint density at radius 1 is 1.00 bits per heavy atom. The zero-order chi connectivity index (χ0) is 12.0. The van der Waals surface area contributed by atoms with Gasteiger partial charge in [-0.1, -0.05) is 30.3 Å². The fourth-order valence-electron chi connectivity index (χ4n) is 1.82. The van der Waals surface area contributed by atoms with Crippen LogP contribution in [0.5, 0.6) is 0 Å². The zero-order valence-corrected chi connectivity index (χ0v) is 10.4. The molecule has 3 heteroatoms. The molecule has 2 atom stereocenters. The second-order valence-corrected chi connectivity index (χ2v) is 3.93. The van der Waals surface area contributed by atoms with Crippen molar-refractivity contribution in [1.82, 2.24) is 5.32 Å². The molecule has 0 bridgehead atoms. The van der Waals surface area contributed by atoms with Gasteiger partial charge >= 0.3 is 0 Å². The van der Waals surface area contributed by atoms with Crippen molar-refractivity contribution in [2.75, 3.05) is 14.2 Å². The van der Waals surface area contributed by atoms with Crippen LogP contribution in [0.25, 0.3) is 0 Å². The van der Waals surface area contributed by atoms with Crippen LogP contribution in [0.1, 0.15) is 25.5 Å². The first kappa shape index (κ1) is 13.2. The Bertz CT molecular complexity index is 285. The fraction of sp³-hybridized carbons (Fsp3) is 0.538. The molecule has 1 rings (SSSR count). The third-order valence-electron chi connectivity index (χ3n) is 2.69. The highest BCUT2D eigenvalue weighted by Gasteiger charge is 2.17. The number of benzene rings is 1. The number of methoxy groups -OCH3 is 2. The SMILES string of the molecule is COC(OC)C(C)N[C@H](C)c1ccccc1. The first-order valence-electron chi connectivity index (χ1n) is 5.55. The lowest BCUT2D eigenvalue weighted by Gasteiger charge is -2.25. The molecule has 0 saturated heterocycles. The minimum atomic E-state index is -0.217. The van der Waals surface area contributed by atoms with Crippen molar-refractivity contribution in [3.8, 4) is 0 Å². The molecule has 0 aliphatic carbocycles. The van der Waals surface area contributed by atoms with Gasteiger partial charge < -0.3 is 14.8 Å². The van der Waals surface area contributed by atoms with Gasteiger partial charge in [0.1, 0.15) is 0 Å². The van der Waals surface area contributed by atoms with Crippen molar-refractivity contribution in [2.24, 2.45) is 0 Å². The van der Waals surface area contributed by atoms with E-state index in [1.807, 2.05) is 18.2 Å². The van der Waals surface area contributed by atoms with Crippen LogP contribution in [-0.2, 0) is 9.47 Å². The molecule has 0 amide bonds. The third kappa shape index (κ3) is 3.59. The van der Waals surface area contributed by atoms with Crippen LogP contribution in [0.3, 0.4) is 0 Å². The predicted octanol–water partition coefficient (Wildman–Crippen LogP) is 2.34. The largest absolute Gasteiger partial charge is 0.354 e. The second kappa shape index (κ2) is 6.63. The van der Waals surface area contributed by atoms with Gasteiger partial charge in [-0.2, -0.15) is 0 Å². The fourth-order valence-corrected chi connectivity index (χ4v) is 1.82. The summed E-state index contributed by atoms with van der Waals surface area (Å²) in [6, 6.07) is 10.8. The minimum Gasteiger partial charge on any atom is -0.354 e. The van der Waals surface area contributed by atoms with Crippen LogP contribution in [0.4, 0.5) is 0 Å². The summed E-state index contributed by atoms with van der Waals surface area (Å²) in [6.07, 6.45) is -0.217. The van der Waals surface area contributed by atoms with E-state index in [9.17, 15) is 0 Å². The molecule has 90 valence electrons. The Balaban J connectivity index is 2.54. The van der Waals surface area contributed by atoms with E-state index in [1.54, 1.807) is 14.2 Å². The number of rotatable bonds is 6. The Labute approximate surface area is 97.8 Å². The first-order valence-corrected chi connectivity index (χ1v) is 5.55.